The Hall–Kier alpha value is -4.59. The SMILES string of the molecule is CCOC(=O)c1ccc(N2C(=O)[C@@H]3Cc4c([nH]c5ccccc45)[C@@H](c4cccc(O)c4)N3C2=O)cc1. The van der Waals surface area contributed by atoms with Crippen molar-refractivity contribution in [3.63, 3.8) is 0 Å². The van der Waals surface area contributed by atoms with Crippen LogP contribution in [0.2, 0.25) is 0 Å². The third kappa shape index (κ3) is 3.25. The molecule has 1 fully saturated rings. The number of aromatic hydroxyl groups is 1. The molecule has 36 heavy (non-hydrogen) atoms. The topological polar surface area (TPSA) is 103 Å². The second-order valence-electron chi connectivity index (χ2n) is 8.91. The quantitative estimate of drug-likeness (QED) is 0.329. The minimum absolute atomic E-state index is 0.0802. The highest BCUT2D eigenvalue weighted by atomic mass is 16.5. The number of aromatic amines is 1. The van der Waals surface area contributed by atoms with Crippen LogP contribution in [0.1, 0.15) is 40.1 Å². The van der Waals surface area contributed by atoms with Crippen LogP contribution in [0.4, 0.5) is 10.5 Å². The molecule has 8 nitrogen and oxygen atoms in total. The van der Waals surface area contributed by atoms with Gasteiger partial charge in [-0.2, -0.15) is 0 Å². The van der Waals surface area contributed by atoms with E-state index in [1.54, 1.807) is 54.3 Å². The second kappa shape index (κ2) is 8.27. The Bertz CT molecular complexity index is 1520. The predicted molar refractivity (Wildman–Crippen MR) is 133 cm³/mol. The molecule has 0 saturated carbocycles. The van der Waals surface area contributed by atoms with Crippen LogP contribution in [0.5, 0.6) is 5.75 Å². The summed E-state index contributed by atoms with van der Waals surface area (Å²) in [5, 5.41) is 11.2. The lowest BCUT2D eigenvalue weighted by molar-refractivity contribution is -0.120. The van der Waals surface area contributed by atoms with E-state index in [1.807, 2.05) is 30.3 Å². The van der Waals surface area contributed by atoms with Crippen LogP contribution in [-0.4, -0.2) is 45.5 Å². The zero-order valence-electron chi connectivity index (χ0n) is 19.5. The van der Waals surface area contributed by atoms with Gasteiger partial charge in [-0.25, -0.2) is 14.5 Å². The number of benzene rings is 3. The molecule has 0 unspecified atom stereocenters. The van der Waals surface area contributed by atoms with Crippen LogP contribution in [0.15, 0.2) is 72.8 Å². The van der Waals surface area contributed by atoms with E-state index in [0.717, 1.165) is 22.2 Å². The highest BCUT2D eigenvalue weighted by Crippen LogP contribution is 2.45. The van der Waals surface area contributed by atoms with E-state index >= 15 is 0 Å². The summed E-state index contributed by atoms with van der Waals surface area (Å²) in [4.78, 5) is 45.8. The Morgan fingerprint density at radius 2 is 1.83 bits per heavy atom. The maximum Gasteiger partial charge on any atom is 0.338 e. The fourth-order valence-electron chi connectivity index (χ4n) is 5.31. The van der Waals surface area contributed by atoms with E-state index in [0.29, 0.717) is 23.2 Å². The Balaban J connectivity index is 1.45. The molecule has 180 valence electrons. The molecule has 3 heterocycles. The number of para-hydroxylation sites is 1. The van der Waals surface area contributed by atoms with Crippen molar-refractivity contribution in [2.75, 3.05) is 11.5 Å². The number of anilines is 1. The Morgan fingerprint density at radius 3 is 2.58 bits per heavy atom. The third-order valence-electron chi connectivity index (χ3n) is 6.87. The largest absolute Gasteiger partial charge is 0.508 e. The molecule has 2 aliphatic rings. The Morgan fingerprint density at radius 1 is 1.06 bits per heavy atom. The number of imide groups is 1. The van der Waals surface area contributed by atoms with Crippen molar-refractivity contribution in [3.8, 4) is 5.75 Å². The van der Waals surface area contributed by atoms with Gasteiger partial charge in [-0.05, 0) is 60.5 Å². The predicted octanol–water partition coefficient (Wildman–Crippen LogP) is 4.53. The van der Waals surface area contributed by atoms with Gasteiger partial charge >= 0.3 is 12.0 Å². The van der Waals surface area contributed by atoms with Gasteiger partial charge in [0.25, 0.3) is 5.91 Å². The number of phenols is 1. The fraction of sp³-hybridized carbons (Fsp3) is 0.179. The average Bonchev–Trinajstić information content (AvgIpc) is 3.37. The molecule has 2 atom stereocenters. The molecular formula is C28H23N3O5. The van der Waals surface area contributed by atoms with Crippen molar-refractivity contribution >= 4 is 34.5 Å². The van der Waals surface area contributed by atoms with Gasteiger partial charge in [-0.15, -0.1) is 0 Å². The van der Waals surface area contributed by atoms with E-state index in [9.17, 15) is 19.5 Å². The van der Waals surface area contributed by atoms with Crippen molar-refractivity contribution in [2.24, 2.45) is 0 Å². The molecule has 8 heteroatoms. The van der Waals surface area contributed by atoms with Crippen LogP contribution in [0, 0.1) is 0 Å². The number of carbonyl (C=O) groups is 3. The zero-order chi connectivity index (χ0) is 25.0. The number of hydrogen-bond donors (Lipinski definition) is 2. The number of nitrogens with zero attached hydrogens (tertiary/aromatic N) is 2. The van der Waals surface area contributed by atoms with E-state index < -0.39 is 24.1 Å². The first kappa shape index (κ1) is 21.9. The summed E-state index contributed by atoms with van der Waals surface area (Å²) in [6.45, 7) is 1.98. The molecule has 2 aliphatic heterocycles. The molecule has 6 rings (SSSR count). The molecule has 0 spiro atoms. The minimum atomic E-state index is -0.707. The van der Waals surface area contributed by atoms with Crippen molar-refractivity contribution in [2.45, 2.75) is 25.4 Å². The summed E-state index contributed by atoms with van der Waals surface area (Å²) in [5.74, 6) is -0.712. The number of amides is 3. The van der Waals surface area contributed by atoms with Gasteiger partial charge in [0.15, 0.2) is 0 Å². The number of phenolic OH excluding ortho intramolecular Hbond substituents is 1. The van der Waals surface area contributed by atoms with Gasteiger partial charge in [0.2, 0.25) is 0 Å². The molecule has 3 amide bonds. The minimum Gasteiger partial charge on any atom is -0.508 e. The normalized spacial score (nSPS) is 18.9. The molecule has 3 aromatic carbocycles. The fourth-order valence-corrected chi connectivity index (χ4v) is 5.31. The summed E-state index contributed by atoms with van der Waals surface area (Å²) in [6, 6.07) is 19.2. The molecule has 0 bridgehead atoms. The van der Waals surface area contributed by atoms with Crippen molar-refractivity contribution in [1.29, 1.82) is 0 Å². The number of esters is 1. The van der Waals surface area contributed by atoms with Gasteiger partial charge in [-0.3, -0.25) is 9.69 Å². The Labute approximate surface area is 206 Å². The van der Waals surface area contributed by atoms with Gasteiger partial charge < -0.3 is 14.8 Å². The van der Waals surface area contributed by atoms with Gasteiger partial charge in [0.05, 0.1) is 17.9 Å². The molecular weight excluding hydrogens is 458 g/mol. The zero-order valence-corrected chi connectivity index (χ0v) is 19.5. The number of H-pyrrole nitrogens is 1. The van der Waals surface area contributed by atoms with Crippen molar-refractivity contribution in [3.05, 3.63) is 95.2 Å². The molecule has 2 N–H and O–H groups in total. The summed E-state index contributed by atoms with van der Waals surface area (Å²) in [6.07, 6.45) is 0.372. The summed E-state index contributed by atoms with van der Waals surface area (Å²) in [7, 11) is 0. The number of carbonyl (C=O) groups excluding carboxylic acids is 3. The van der Waals surface area contributed by atoms with Crippen molar-refractivity contribution in [1.82, 2.24) is 9.88 Å². The molecule has 0 aliphatic carbocycles. The smallest absolute Gasteiger partial charge is 0.338 e. The summed E-state index contributed by atoms with van der Waals surface area (Å²) >= 11 is 0. The molecule has 1 saturated heterocycles. The molecule has 1 aromatic heterocycles. The Kier molecular flexibility index (Phi) is 5.03. The first-order valence-electron chi connectivity index (χ1n) is 11.8. The first-order valence-corrected chi connectivity index (χ1v) is 11.8. The van der Waals surface area contributed by atoms with E-state index in [1.165, 1.54) is 4.90 Å². The summed E-state index contributed by atoms with van der Waals surface area (Å²) < 4.78 is 5.03. The van der Waals surface area contributed by atoms with Gasteiger partial charge in [0.1, 0.15) is 17.8 Å². The lowest BCUT2D eigenvalue weighted by atomic mass is 9.89. The van der Waals surface area contributed by atoms with Gasteiger partial charge in [-0.1, -0.05) is 30.3 Å². The number of nitrogens with one attached hydrogen (secondary N) is 1. The van der Waals surface area contributed by atoms with E-state index in [4.69, 9.17) is 4.74 Å². The van der Waals surface area contributed by atoms with Crippen LogP contribution >= 0.6 is 0 Å². The highest BCUT2D eigenvalue weighted by molar-refractivity contribution is 6.22. The number of rotatable bonds is 4. The monoisotopic (exact) mass is 481 g/mol. The first-order chi connectivity index (χ1) is 17.5. The number of aromatic nitrogens is 1. The number of fused-ring (bicyclic) bond motifs is 4. The van der Waals surface area contributed by atoms with Crippen LogP contribution < -0.4 is 4.90 Å². The summed E-state index contributed by atoms with van der Waals surface area (Å²) in [5.41, 5.74) is 4.18. The highest BCUT2D eigenvalue weighted by Gasteiger charge is 2.53. The third-order valence-corrected chi connectivity index (χ3v) is 6.87. The second-order valence-corrected chi connectivity index (χ2v) is 8.91. The van der Waals surface area contributed by atoms with Crippen LogP contribution in [0.25, 0.3) is 10.9 Å². The van der Waals surface area contributed by atoms with Crippen LogP contribution in [0.3, 0.4) is 0 Å². The van der Waals surface area contributed by atoms with Crippen molar-refractivity contribution < 1.29 is 24.2 Å². The van der Waals surface area contributed by atoms with Crippen LogP contribution in [-0.2, 0) is 16.0 Å². The molecule has 0 radical (unpaired) electrons. The number of urea groups is 1. The molecule has 4 aromatic rings. The maximum absolute atomic E-state index is 13.8. The lowest BCUT2D eigenvalue weighted by Gasteiger charge is -2.36. The van der Waals surface area contributed by atoms with E-state index in [-0.39, 0.29) is 18.3 Å². The lowest BCUT2D eigenvalue weighted by Crippen LogP contribution is -2.44. The number of hydrogen-bond acceptors (Lipinski definition) is 5. The number of ether oxygens (including phenoxy) is 1. The average molecular weight is 482 g/mol. The standard InChI is InChI=1S/C28H23N3O5/c1-2-36-27(34)16-10-12-18(13-11-16)30-26(33)23-15-21-20-8-3-4-9-22(20)29-24(21)25(31(23)28(30)35)17-6-5-7-19(32)14-17/h3-14,23,25,29,32H,2,15H2,1H3/t23-,25+/m0/s1. The van der Waals surface area contributed by atoms with Gasteiger partial charge in [0, 0.05) is 23.0 Å². The van der Waals surface area contributed by atoms with E-state index in [2.05, 4.69) is 4.98 Å². The maximum atomic E-state index is 13.8.